The molecule has 3 aliphatic heterocycles. The maximum absolute atomic E-state index is 14.2. The van der Waals surface area contributed by atoms with Gasteiger partial charge < -0.3 is 28.9 Å². The molecule has 7 nitrogen and oxygen atoms in total. The molecule has 0 saturated carbocycles. The summed E-state index contributed by atoms with van der Waals surface area (Å²) in [4.78, 5) is 12.3. The van der Waals surface area contributed by atoms with Gasteiger partial charge in [0.1, 0.15) is 11.6 Å². The molecule has 4 heterocycles. The van der Waals surface area contributed by atoms with E-state index >= 15 is 0 Å². The predicted molar refractivity (Wildman–Crippen MR) is 161 cm³/mol. The first-order valence-electron chi connectivity index (χ1n) is 15.4. The van der Waals surface area contributed by atoms with E-state index < -0.39 is 0 Å². The van der Waals surface area contributed by atoms with Crippen molar-refractivity contribution in [3.63, 3.8) is 0 Å². The summed E-state index contributed by atoms with van der Waals surface area (Å²) in [6.45, 7) is 11.2. The van der Waals surface area contributed by atoms with Crippen LogP contribution in [0.2, 0.25) is 0 Å². The Labute approximate surface area is 240 Å². The van der Waals surface area contributed by atoms with Crippen molar-refractivity contribution in [2.75, 3.05) is 81.0 Å². The first-order valence-corrected chi connectivity index (χ1v) is 15.4. The molecular weight excluding hydrogens is 507 g/mol. The summed E-state index contributed by atoms with van der Waals surface area (Å²) in [5, 5.41) is 0. The number of fused-ring (bicyclic) bond motifs is 1. The summed E-state index contributed by atoms with van der Waals surface area (Å²) < 4.78 is 30.8. The fourth-order valence-electron chi connectivity index (χ4n) is 6.50. The lowest BCUT2D eigenvalue weighted by Gasteiger charge is -2.43. The second kappa shape index (κ2) is 16.1. The smallest absolute Gasteiger partial charge is 0.130 e. The normalized spacial score (nSPS) is 22.6. The van der Waals surface area contributed by atoms with Gasteiger partial charge in [-0.1, -0.05) is 19.9 Å². The van der Waals surface area contributed by atoms with E-state index in [1.54, 1.807) is 13.2 Å². The Morgan fingerprint density at radius 1 is 0.850 bits per heavy atom. The highest BCUT2D eigenvalue weighted by Gasteiger charge is 2.47. The Morgan fingerprint density at radius 2 is 1.62 bits per heavy atom. The van der Waals surface area contributed by atoms with Crippen LogP contribution < -0.4 is 14.7 Å². The van der Waals surface area contributed by atoms with Gasteiger partial charge in [-0.15, -0.1) is 0 Å². The van der Waals surface area contributed by atoms with Crippen LogP contribution in [0.15, 0.2) is 42.6 Å². The second-order valence-electron chi connectivity index (χ2n) is 10.7. The average molecular weight is 557 g/mol. The number of ether oxygens (including phenoxy) is 3. The van der Waals surface area contributed by atoms with Crippen LogP contribution in [0, 0.1) is 11.7 Å². The summed E-state index contributed by atoms with van der Waals surface area (Å²) in [7, 11) is 1.68. The Balaban J connectivity index is 0.00000181. The highest BCUT2D eigenvalue weighted by Crippen LogP contribution is 2.41. The molecule has 3 saturated heterocycles. The number of hydrogen-bond donors (Lipinski definition) is 0. The lowest BCUT2D eigenvalue weighted by Crippen LogP contribution is -2.52. The molecule has 3 fully saturated rings. The van der Waals surface area contributed by atoms with Crippen molar-refractivity contribution in [2.24, 2.45) is 5.92 Å². The van der Waals surface area contributed by atoms with Crippen molar-refractivity contribution in [3.05, 3.63) is 48.4 Å². The first-order chi connectivity index (χ1) is 19.7. The standard InChI is InChI=1S/C30H43FN4O3.C2H6/c1-36-17-18-38-20-19-37-16-11-24-23-35(29-22-26(10-12-32-29)33-13-3-2-4-14-33)28-9-6-15-34(30(24)28)27-8-5-7-25(31)21-27;1-2/h5,7-8,10,12,21-22,24,28,30H,2-4,6,9,11,13-20,23H2,1H3;1-2H3/t24-,28-,30-;/m0./s1. The molecule has 2 aromatic rings. The third-order valence-corrected chi connectivity index (χ3v) is 8.29. The van der Waals surface area contributed by atoms with Crippen molar-refractivity contribution in [3.8, 4) is 0 Å². The monoisotopic (exact) mass is 556 g/mol. The summed E-state index contributed by atoms with van der Waals surface area (Å²) in [5.41, 5.74) is 2.26. The Morgan fingerprint density at radius 3 is 2.40 bits per heavy atom. The van der Waals surface area contributed by atoms with Gasteiger partial charge in [-0.2, -0.15) is 0 Å². The number of aromatic nitrogens is 1. The van der Waals surface area contributed by atoms with Gasteiger partial charge in [-0.25, -0.2) is 9.37 Å². The topological polar surface area (TPSA) is 50.3 Å². The Bertz CT molecular complexity index is 1010. The van der Waals surface area contributed by atoms with Crippen molar-refractivity contribution in [1.29, 1.82) is 0 Å². The average Bonchev–Trinajstić information content (AvgIpc) is 3.39. The molecule has 0 N–H and O–H groups in total. The van der Waals surface area contributed by atoms with Crippen LogP contribution in [0.5, 0.6) is 0 Å². The number of hydrogen-bond acceptors (Lipinski definition) is 7. The number of rotatable bonds is 12. The predicted octanol–water partition coefficient (Wildman–Crippen LogP) is 5.78. The molecule has 8 heteroatoms. The van der Waals surface area contributed by atoms with Crippen LogP contribution in [0.3, 0.4) is 0 Å². The molecule has 0 aliphatic carbocycles. The zero-order valence-electron chi connectivity index (χ0n) is 24.8. The lowest BCUT2D eigenvalue weighted by molar-refractivity contribution is 0.0217. The van der Waals surface area contributed by atoms with Crippen LogP contribution in [-0.4, -0.2) is 83.4 Å². The van der Waals surface area contributed by atoms with Crippen LogP contribution in [0.1, 0.15) is 52.4 Å². The van der Waals surface area contributed by atoms with Gasteiger partial charge in [0.2, 0.25) is 0 Å². The molecule has 1 aromatic carbocycles. The van der Waals surface area contributed by atoms with Crippen LogP contribution in [0.4, 0.5) is 21.6 Å². The largest absolute Gasteiger partial charge is 0.382 e. The van der Waals surface area contributed by atoms with Gasteiger partial charge in [0.05, 0.1) is 38.5 Å². The maximum atomic E-state index is 14.2. The van der Waals surface area contributed by atoms with Crippen molar-refractivity contribution >= 4 is 17.2 Å². The summed E-state index contributed by atoms with van der Waals surface area (Å²) >= 11 is 0. The number of methoxy groups -OCH3 is 1. The fourth-order valence-corrected chi connectivity index (χ4v) is 6.50. The molecule has 5 rings (SSSR count). The molecule has 0 spiro atoms. The van der Waals surface area contributed by atoms with Crippen LogP contribution in [-0.2, 0) is 14.2 Å². The third kappa shape index (κ3) is 7.86. The number of halogens is 1. The highest BCUT2D eigenvalue weighted by molar-refractivity contribution is 5.58. The second-order valence-corrected chi connectivity index (χ2v) is 10.7. The molecule has 222 valence electrons. The quantitative estimate of drug-likeness (QED) is 0.307. The van der Waals surface area contributed by atoms with E-state index in [0.29, 0.717) is 51.0 Å². The molecule has 1 aromatic heterocycles. The van der Waals surface area contributed by atoms with E-state index in [1.165, 1.54) is 31.0 Å². The molecule has 0 amide bonds. The van der Waals surface area contributed by atoms with E-state index in [2.05, 4.69) is 26.8 Å². The van der Waals surface area contributed by atoms with E-state index in [0.717, 1.165) is 56.9 Å². The minimum atomic E-state index is -0.177. The highest BCUT2D eigenvalue weighted by atomic mass is 19.1. The molecular formula is C32H49FN4O3. The van der Waals surface area contributed by atoms with Gasteiger partial charge in [0, 0.05) is 69.5 Å². The van der Waals surface area contributed by atoms with E-state index in [4.69, 9.17) is 19.2 Å². The van der Waals surface area contributed by atoms with Gasteiger partial charge >= 0.3 is 0 Å². The Kier molecular flexibility index (Phi) is 12.3. The van der Waals surface area contributed by atoms with Crippen molar-refractivity contribution in [1.82, 2.24) is 4.98 Å². The molecule has 0 unspecified atom stereocenters. The molecule has 3 atom stereocenters. The van der Waals surface area contributed by atoms with Crippen LogP contribution >= 0.6 is 0 Å². The third-order valence-electron chi connectivity index (χ3n) is 8.29. The van der Waals surface area contributed by atoms with E-state index in [-0.39, 0.29) is 5.82 Å². The number of nitrogens with zero attached hydrogens (tertiary/aromatic N) is 4. The number of benzene rings is 1. The van der Waals surface area contributed by atoms with Crippen molar-refractivity contribution < 1.29 is 18.6 Å². The summed E-state index contributed by atoms with van der Waals surface area (Å²) in [5.74, 6) is 1.29. The molecule has 0 radical (unpaired) electrons. The molecule has 0 bridgehead atoms. The number of piperidine rings is 2. The summed E-state index contributed by atoms with van der Waals surface area (Å²) in [6.07, 6.45) is 8.97. The fraction of sp³-hybridized carbons (Fsp3) is 0.656. The maximum Gasteiger partial charge on any atom is 0.130 e. The number of anilines is 3. The van der Waals surface area contributed by atoms with Crippen LogP contribution in [0.25, 0.3) is 0 Å². The lowest BCUT2D eigenvalue weighted by atomic mass is 9.88. The number of pyridine rings is 1. The minimum absolute atomic E-state index is 0.177. The zero-order valence-corrected chi connectivity index (χ0v) is 24.8. The van der Waals surface area contributed by atoms with Gasteiger partial charge in [0.25, 0.3) is 0 Å². The minimum Gasteiger partial charge on any atom is -0.382 e. The van der Waals surface area contributed by atoms with Gasteiger partial charge in [-0.3, -0.25) is 0 Å². The zero-order chi connectivity index (χ0) is 28.2. The van der Waals surface area contributed by atoms with Crippen molar-refractivity contribution in [2.45, 2.75) is 64.5 Å². The summed E-state index contributed by atoms with van der Waals surface area (Å²) in [6, 6.07) is 12.2. The van der Waals surface area contributed by atoms with Gasteiger partial charge in [-0.05, 0) is 62.8 Å². The van der Waals surface area contributed by atoms with Gasteiger partial charge in [0.15, 0.2) is 0 Å². The first kappa shape index (κ1) is 30.5. The van der Waals surface area contributed by atoms with E-state index in [9.17, 15) is 4.39 Å². The van der Waals surface area contributed by atoms with E-state index in [1.807, 2.05) is 32.2 Å². The Hall–Kier alpha value is -2.42. The molecule has 3 aliphatic rings. The molecule has 40 heavy (non-hydrogen) atoms. The SMILES string of the molecule is CC.COCCOCCOCC[C@H]1CN(c2cc(N3CCCCC3)ccn2)[C@H]2CCCN(c3cccc(F)c3)[C@@H]12.